The number of hydrogen-bond donors (Lipinski definition) is 0. The number of hydrogen-bond acceptors (Lipinski definition) is 2. The van der Waals surface area contributed by atoms with Crippen molar-refractivity contribution in [2.24, 2.45) is 0 Å². The molecule has 0 N–H and O–H groups in total. The van der Waals surface area contributed by atoms with E-state index in [9.17, 15) is 4.79 Å². The van der Waals surface area contributed by atoms with Crippen molar-refractivity contribution < 1.29 is 9.53 Å². The van der Waals surface area contributed by atoms with Crippen molar-refractivity contribution >= 4 is 19.7 Å². The zero-order chi connectivity index (χ0) is 13.9. The van der Waals surface area contributed by atoms with Crippen LogP contribution in [0.1, 0.15) is 17.1 Å². The van der Waals surface area contributed by atoms with E-state index in [1.54, 1.807) is 0 Å². The Morgan fingerprint density at radius 2 is 1.90 bits per heavy atom. The first-order valence-corrected chi connectivity index (χ1v) is 7.40. The van der Waals surface area contributed by atoms with Crippen molar-refractivity contribution in [3.63, 3.8) is 0 Å². The van der Waals surface area contributed by atoms with Crippen molar-refractivity contribution in [1.82, 2.24) is 4.40 Å². The van der Waals surface area contributed by atoms with Gasteiger partial charge >= 0.3 is 5.97 Å². The molecule has 0 aliphatic heterocycles. The minimum Gasteiger partial charge on any atom is -0.461 e. The van der Waals surface area contributed by atoms with Gasteiger partial charge in [-0.15, -0.1) is 0 Å². The molecule has 0 unspecified atom stereocenters. The molecule has 0 atom stereocenters. The van der Waals surface area contributed by atoms with Crippen LogP contribution >= 0.6 is 8.19 Å². The molecule has 4 heteroatoms. The fraction of sp³-hybridized carbons (Fsp3) is 0.125. The number of carbonyl (C=O) groups excluding carboxylic acids is 1. The van der Waals surface area contributed by atoms with E-state index in [-0.39, 0.29) is 5.97 Å². The smallest absolute Gasteiger partial charge is 0.360 e. The van der Waals surface area contributed by atoms with E-state index < -0.39 is 0 Å². The SMILES string of the molecule is CCOC(=O)c1pc(-c2ccccc2)c2ccccn12. The maximum atomic E-state index is 12.1. The molecule has 0 radical (unpaired) electrons. The van der Waals surface area contributed by atoms with Crippen LogP contribution in [0.2, 0.25) is 0 Å². The molecule has 0 spiro atoms. The molecular weight excluding hydrogens is 269 g/mol. The van der Waals surface area contributed by atoms with Gasteiger partial charge in [0.15, 0.2) is 5.43 Å². The molecule has 3 aromatic rings. The lowest BCUT2D eigenvalue weighted by atomic mass is 10.2. The number of pyridine rings is 1. The summed E-state index contributed by atoms with van der Waals surface area (Å²) >= 11 is 0. The van der Waals surface area contributed by atoms with Gasteiger partial charge in [0.25, 0.3) is 0 Å². The number of benzene rings is 1. The molecule has 0 saturated carbocycles. The van der Waals surface area contributed by atoms with E-state index in [1.165, 1.54) is 0 Å². The molecule has 3 rings (SSSR count). The number of nitrogens with zero attached hydrogens (tertiary/aromatic N) is 1. The lowest BCUT2D eigenvalue weighted by molar-refractivity contribution is 0.0524. The quantitative estimate of drug-likeness (QED) is 0.668. The molecule has 0 fully saturated rings. The Kier molecular flexibility index (Phi) is 3.53. The summed E-state index contributed by atoms with van der Waals surface area (Å²) in [5.41, 5.74) is 2.83. The minimum atomic E-state index is -0.252. The van der Waals surface area contributed by atoms with Crippen LogP contribution in [0.15, 0.2) is 54.7 Å². The Hall–Kier alpha value is -2.12. The average molecular weight is 283 g/mol. The van der Waals surface area contributed by atoms with Gasteiger partial charge in [-0.2, -0.15) is 0 Å². The number of ether oxygens (including phenoxy) is 1. The third-order valence-electron chi connectivity index (χ3n) is 3.05. The maximum Gasteiger partial charge on any atom is 0.360 e. The van der Waals surface area contributed by atoms with Crippen molar-refractivity contribution in [2.75, 3.05) is 6.61 Å². The summed E-state index contributed by atoms with van der Waals surface area (Å²) in [6.07, 6.45) is 1.91. The molecule has 0 aliphatic carbocycles. The molecule has 0 saturated heterocycles. The third kappa shape index (κ3) is 2.21. The van der Waals surface area contributed by atoms with E-state index in [2.05, 4.69) is 12.1 Å². The standard InChI is InChI=1S/C16H14NO2P/c1-2-19-16(18)15-17-11-7-6-10-13(17)14(20-15)12-8-4-3-5-9-12/h3-11H,2H2,1H3. The predicted molar refractivity (Wildman–Crippen MR) is 81.3 cm³/mol. The van der Waals surface area contributed by atoms with Crippen LogP contribution < -0.4 is 0 Å². The van der Waals surface area contributed by atoms with E-state index in [0.29, 0.717) is 12.0 Å². The first kappa shape index (κ1) is 12.9. The van der Waals surface area contributed by atoms with Gasteiger partial charge in [-0.05, 0) is 32.8 Å². The molecule has 100 valence electrons. The first-order chi connectivity index (χ1) is 9.81. The zero-order valence-corrected chi connectivity index (χ0v) is 12.0. The normalized spacial score (nSPS) is 11.1. The lowest BCUT2D eigenvalue weighted by Gasteiger charge is -2.01. The van der Waals surface area contributed by atoms with Gasteiger partial charge in [0.05, 0.1) is 12.1 Å². The second-order valence-corrected chi connectivity index (χ2v) is 5.42. The Bertz CT molecular complexity index is 750. The Morgan fingerprint density at radius 3 is 2.65 bits per heavy atom. The minimum absolute atomic E-state index is 0.252. The van der Waals surface area contributed by atoms with Crippen LogP contribution in [0.4, 0.5) is 0 Å². The molecular formula is C16H14NO2P. The molecule has 0 amide bonds. The molecule has 0 bridgehead atoms. The van der Waals surface area contributed by atoms with Crippen LogP contribution in [0, 0.1) is 0 Å². The third-order valence-corrected chi connectivity index (χ3v) is 4.37. The summed E-state index contributed by atoms with van der Waals surface area (Å²) in [7, 11) is 0.890. The number of rotatable bonds is 3. The van der Waals surface area contributed by atoms with Gasteiger partial charge in [0.2, 0.25) is 0 Å². The van der Waals surface area contributed by atoms with Gasteiger partial charge in [-0.3, -0.25) is 0 Å². The highest BCUT2D eigenvalue weighted by Gasteiger charge is 2.17. The topological polar surface area (TPSA) is 30.7 Å². The summed E-state index contributed by atoms with van der Waals surface area (Å²) in [5, 5.41) is 1.13. The van der Waals surface area contributed by atoms with Crippen molar-refractivity contribution in [2.45, 2.75) is 6.92 Å². The largest absolute Gasteiger partial charge is 0.461 e. The average Bonchev–Trinajstić information content (AvgIpc) is 2.88. The lowest BCUT2D eigenvalue weighted by Crippen LogP contribution is -2.06. The molecule has 2 aromatic heterocycles. The van der Waals surface area contributed by atoms with Crippen LogP contribution in [-0.4, -0.2) is 17.0 Å². The van der Waals surface area contributed by atoms with Gasteiger partial charge < -0.3 is 9.14 Å². The Balaban J connectivity index is 2.22. The monoisotopic (exact) mass is 283 g/mol. The van der Waals surface area contributed by atoms with Gasteiger partial charge in [-0.1, -0.05) is 36.4 Å². The van der Waals surface area contributed by atoms with Crippen molar-refractivity contribution in [1.29, 1.82) is 0 Å². The molecule has 2 heterocycles. The summed E-state index contributed by atoms with van der Waals surface area (Å²) in [6, 6.07) is 16.1. The summed E-state index contributed by atoms with van der Waals surface area (Å²) in [6.45, 7) is 2.21. The van der Waals surface area contributed by atoms with Gasteiger partial charge in [0.1, 0.15) is 0 Å². The zero-order valence-electron chi connectivity index (χ0n) is 11.1. The second-order valence-electron chi connectivity index (χ2n) is 4.33. The predicted octanol–water partition coefficient (Wildman–Crippen LogP) is 4.36. The molecule has 0 aliphatic rings. The summed E-state index contributed by atoms with van der Waals surface area (Å²) in [4.78, 5) is 12.1. The maximum absolute atomic E-state index is 12.1. The van der Waals surface area contributed by atoms with E-state index in [4.69, 9.17) is 4.74 Å². The van der Waals surface area contributed by atoms with E-state index in [0.717, 1.165) is 24.6 Å². The fourth-order valence-electron chi connectivity index (χ4n) is 2.19. The Labute approximate surface area is 118 Å². The highest BCUT2D eigenvalue weighted by atomic mass is 31.0. The van der Waals surface area contributed by atoms with Crippen molar-refractivity contribution in [3.05, 3.63) is 60.2 Å². The molecule has 1 aromatic carbocycles. The summed E-state index contributed by atoms with van der Waals surface area (Å²) in [5.74, 6) is -0.252. The number of carbonyl (C=O) groups is 1. The first-order valence-electron chi connectivity index (χ1n) is 6.51. The summed E-state index contributed by atoms with van der Waals surface area (Å²) < 4.78 is 7.07. The van der Waals surface area contributed by atoms with Crippen LogP contribution in [0.5, 0.6) is 0 Å². The van der Waals surface area contributed by atoms with Crippen molar-refractivity contribution in [3.8, 4) is 10.9 Å². The van der Waals surface area contributed by atoms with E-state index >= 15 is 0 Å². The van der Waals surface area contributed by atoms with Gasteiger partial charge in [0, 0.05) is 11.5 Å². The number of fused-ring (bicyclic) bond motifs is 1. The highest BCUT2D eigenvalue weighted by Crippen LogP contribution is 2.37. The molecule has 3 nitrogen and oxygen atoms in total. The molecule has 20 heavy (non-hydrogen) atoms. The second kappa shape index (κ2) is 5.48. The van der Waals surface area contributed by atoms with Crippen LogP contribution in [-0.2, 0) is 4.74 Å². The Morgan fingerprint density at radius 1 is 1.15 bits per heavy atom. The number of aromatic nitrogens is 1. The van der Waals surface area contributed by atoms with Gasteiger partial charge in [-0.25, -0.2) is 4.79 Å². The van der Waals surface area contributed by atoms with E-state index in [1.807, 2.05) is 53.9 Å². The van der Waals surface area contributed by atoms with Crippen LogP contribution in [0.25, 0.3) is 16.4 Å². The van der Waals surface area contributed by atoms with Crippen LogP contribution in [0.3, 0.4) is 0 Å². The number of esters is 1. The highest BCUT2D eigenvalue weighted by molar-refractivity contribution is 7.36. The fourth-order valence-corrected chi connectivity index (χ4v) is 3.41.